The third-order valence-corrected chi connectivity index (χ3v) is 3.57. The van der Waals surface area contributed by atoms with Gasteiger partial charge in [-0.05, 0) is 20.8 Å². The van der Waals surface area contributed by atoms with Crippen molar-refractivity contribution in [2.45, 2.75) is 20.8 Å². The van der Waals surface area contributed by atoms with Gasteiger partial charge in [0.2, 0.25) is 0 Å². The van der Waals surface area contributed by atoms with Crippen LogP contribution in [0.15, 0.2) is 4.52 Å². The Labute approximate surface area is 102 Å². The van der Waals surface area contributed by atoms with Crippen molar-refractivity contribution in [2.75, 3.05) is 7.11 Å². The number of ether oxygens (including phenoxy) is 1. The van der Waals surface area contributed by atoms with Gasteiger partial charge >= 0.3 is 5.97 Å². The quantitative estimate of drug-likeness (QED) is 0.768. The Morgan fingerprint density at radius 3 is 2.53 bits per heavy atom. The maximum absolute atomic E-state index is 11.5. The molecule has 0 aliphatic heterocycles. The molecule has 0 radical (unpaired) electrons. The number of hydrogen-bond acceptors (Lipinski definition) is 6. The molecule has 0 aliphatic rings. The lowest BCUT2D eigenvalue weighted by Gasteiger charge is -1.93. The molecule has 0 unspecified atom stereocenters. The standard InChI is InChI=1S/C11H12N2O3S/c1-5-8(7(3)16-13-5)10-12-6(2)9(17-10)11(14)15-4/h1-4H3. The van der Waals surface area contributed by atoms with Gasteiger partial charge in [0.05, 0.1) is 24.1 Å². The first-order chi connectivity index (χ1) is 8.04. The minimum atomic E-state index is -0.363. The number of hydrogen-bond donors (Lipinski definition) is 0. The van der Waals surface area contributed by atoms with Gasteiger partial charge in [0.15, 0.2) is 0 Å². The molecule has 0 aliphatic carbocycles. The number of nitrogens with zero attached hydrogens (tertiary/aromatic N) is 2. The first-order valence-corrected chi connectivity index (χ1v) is 5.85. The van der Waals surface area contributed by atoms with Gasteiger partial charge < -0.3 is 9.26 Å². The van der Waals surface area contributed by atoms with Gasteiger partial charge in [-0.3, -0.25) is 0 Å². The lowest BCUT2D eigenvalue weighted by molar-refractivity contribution is 0.0605. The summed E-state index contributed by atoms with van der Waals surface area (Å²) < 4.78 is 9.79. The molecule has 0 bridgehead atoms. The molecule has 0 saturated carbocycles. The Morgan fingerprint density at radius 2 is 2.00 bits per heavy atom. The molecule has 0 amide bonds. The summed E-state index contributed by atoms with van der Waals surface area (Å²) in [7, 11) is 1.36. The van der Waals surface area contributed by atoms with Crippen LogP contribution in [0.2, 0.25) is 0 Å². The largest absolute Gasteiger partial charge is 0.465 e. The van der Waals surface area contributed by atoms with E-state index >= 15 is 0 Å². The summed E-state index contributed by atoms with van der Waals surface area (Å²) in [6.07, 6.45) is 0. The first-order valence-electron chi connectivity index (χ1n) is 5.03. The highest BCUT2D eigenvalue weighted by Gasteiger charge is 2.20. The predicted molar refractivity (Wildman–Crippen MR) is 63.2 cm³/mol. The fourth-order valence-electron chi connectivity index (χ4n) is 1.57. The number of aryl methyl sites for hydroxylation is 3. The van der Waals surface area contributed by atoms with E-state index in [0.717, 1.165) is 16.3 Å². The zero-order valence-corrected chi connectivity index (χ0v) is 10.8. The Morgan fingerprint density at radius 1 is 1.29 bits per heavy atom. The number of aromatic nitrogens is 2. The second-order valence-electron chi connectivity index (χ2n) is 3.62. The van der Waals surface area contributed by atoms with Gasteiger partial charge in [0, 0.05) is 0 Å². The number of thiazole rings is 1. The van der Waals surface area contributed by atoms with Crippen molar-refractivity contribution in [2.24, 2.45) is 0 Å². The van der Waals surface area contributed by atoms with Gasteiger partial charge in [-0.2, -0.15) is 0 Å². The van der Waals surface area contributed by atoms with Crippen molar-refractivity contribution >= 4 is 17.3 Å². The van der Waals surface area contributed by atoms with Crippen molar-refractivity contribution in [3.63, 3.8) is 0 Å². The SMILES string of the molecule is COC(=O)c1sc(-c2c(C)noc2C)nc1C. The van der Waals surface area contributed by atoms with Gasteiger partial charge in [-0.1, -0.05) is 5.16 Å². The maximum atomic E-state index is 11.5. The van der Waals surface area contributed by atoms with E-state index in [1.54, 1.807) is 6.92 Å². The van der Waals surface area contributed by atoms with E-state index < -0.39 is 0 Å². The third-order valence-electron chi connectivity index (χ3n) is 2.41. The molecule has 0 spiro atoms. The molecule has 2 aromatic rings. The second-order valence-corrected chi connectivity index (χ2v) is 4.62. The van der Waals surface area contributed by atoms with Gasteiger partial charge in [0.1, 0.15) is 15.6 Å². The van der Waals surface area contributed by atoms with Crippen LogP contribution in [0.4, 0.5) is 0 Å². The van der Waals surface area contributed by atoms with Gasteiger partial charge in [-0.15, -0.1) is 11.3 Å². The summed E-state index contributed by atoms with van der Waals surface area (Å²) in [5.41, 5.74) is 2.29. The molecule has 6 heteroatoms. The smallest absolute Gasteiger partial charge is 0.349 e. The monoisotopic (exact) mass is 252 g/mol. The molecule has 90 valence electrons. The number of esters is 1. The highest BCUT2D eigenvalue weighted by atomic mass is 32.1. The van der Waals surface area contributed by atoms with E-state index in [4.69, 9.17) is 9.26 Å². The topological polar surface area (TPSA) is 65.2 Å². The summed E-state index contributed by atoms with van der Waals surface area (Å²) in [6.45, 7) is 5.45. The molecule has 0 atom stereocenters. The van der Waals surface area contributed by atoms with Crippen LogP contribution in [-0.4, -0.2) is 23.2 Å². The minimum absolute atomic E-state index is 0.363. The summed E-state index contributed by atoms with van der Waals surface area (Å²) in [5, 5.41) is 4.61. The molecule has 2 heterocycles. The third kappa shape index (κ3) is 1.95. The second kappa shape index (κ2) is 4.29. The van der Waals surface area contributed by atoms with Gasteiger partial charge in [-0.25, -0.2) is 9.78 Å². The molecule has 5 nitrogen and oxygen atoms in total. The van der Waals surface area contributed by atoms with Crippen molar-refractivity contribution in [1.82, 2.24) is 10.1 Å². The number of rotatable bonds is 2. The van der Waals surface area contributed by atoms with Crippen LogP contribution >= 0.6 is 11.3 Å². The van der Waals surface area contributed by atoms with Crippen molar-refractivity contribution in [1.29, 1.82) is 0 Å². The molecule has 2 aromatic heterocycles. The van der Waals surface area contributed by atoms with Crippen molar-refractivity contribution in [3.05, 3.63) is 22.0 Å². The number of methoxy groups -OCH3 is 1. The molecule has 0 fully saturated rings. The molecular weight excluding hydrogens is 240 g/mol. The summed E-state index contributed by atoms with van der Waals surface area (Å²) in [4.78, 5) is 16.4. The normalized spacial score (nSPS) is 10.6. The Hall–Kier alpha value is -1.69. The minimum Gasteiger partial charge on any atom is -0.465 e. The fraction of sp³-hybridized carbons (Fsp3) is 0.364. The fourth-order valence-corrected chi connectivity index (χ4v) is 2.70. The van der Waals surface area contributed by atoms with Crippen LogP contribution in [0.5, 0.6) is 0 Å². The van der Waals surface area contributed by atoms with Crippen LogP contribution in [0.1, 0.15) is 26.8 Å². The highest BCUT2D eigenvalue weighted by Crippen LogP contribution is 2.32. The number of carbonyl (C=O) groups is 1. The summed E-state index contributed by atoms with van der Waals surface area (Å²) >= 11 is 1.29. The van der Waals surface area contributed by atoms with Crippen LogP contribution in [0.3, 0.4) is 0 Å². The lowest BCUT2D eigenvalue weighted by atomic mass is 10.2. The first kappa shape index (κ1) is 11.8. The van der Waals surface area contributed by atoms with Crippen molar-refractivity contribution < 1.29 is 14.1 Å². The van der Waals surface area contributed by atoms with E-state index in [2.05, 4.69) is 10.1 Å². The zero-order chi connectivity index (χ0) is 12.6. The molecule has 2 rings (SSSR count). The van der Waals surface area contributed by atoms with E-state index in [0.29, 0.717) is 16.3 Å². The van der Waals surface area contributed by atoms with E-state index in [1.807, 2.05) is 13.8 Å². The van der Waals surface area contributed by atoms with Crippen molar-refractivity contribution in [3.8, 4) is 10.6 Å². The highest BCUT2D eigenvalue weighted by molar-refractivity contribution is 7.17. The van der Waals surface area contributed by atoms with Crippen LogP contribution in [-0.2, 0) is 4.74 Å². The average molecular weight is 252 g/mol. The van der Waals surface area contributed by atoms with Crippen LogP contribution < -0.4 is 0 Å². The van der Waals surface area contributed by atoms with Crippen LogP contribution in [0, 0.1) is 20.8 Å². The molecule has 0 N–H and O–H groups in total. The number of carbonyl (C=O) groups excluding carboxylic acids is 1. The average Bonchev–Trinajstić information content (AvgIpc) is 2.81. The van der Waals surface area contributed by atoms with Gasteiger partial charge in [0.25, 0.3) is 0 Å². The Kier molecular flexibility index (Phi) is 2.97. The maximum Gasteiger partial charge on any atom is 0.349 e. The van der Waals surface area contributed by atoms with Crippen LogP contribution in [0.25, 0.3) is 10.6 Å². The summed E-state index contributed by atoms with van der Waals surface area (Å²) in [6, 6.07) is 0. The lowest BCUT2D eigenvalue weighted by Crippen LogP contribution is -1.99. The molecule has 0 aromatic carbocycles. The molecule has 17 heavy (non-hydrogen) atoms. The molecule has 0 saturated heterocycles. The summed E-state index contributed by atoms with van der Waals surface area (Å²) in [5.74, 6) is 0.339. The molecular formula is C11H12N2O3S. The van der Waals surface area contributed by atoms with E-state index in [9.17, 15) is 4.79 Å². The van der Waals surface area contributed by atoms with E-state index in [-0.39, 0.29) is 5.97 Å². The Bertz CT molecular complexity index is 552. The predicted octanol–water partition coefficient (Wildman–Crippen LogP) is 2.51. The van der Waals surface area contributed by atoms with E-state index in [1.165, 1.54) is 18.4 Å². The zero-order valence-electron chi connectivity index (χ0n) is 10.0. The Balaban J connectivity index is 2.52.